The molecule has 1 heterocycles. The minimum atomic E-state index is -0.218. The van der Waals surface area contributed by atoms with Crippen LogP contribution < -0.4 is 10.2 Å². The molecule has 0 atom stereocenters. The first-order chi connectivity index (χ1) is 15.7. The van der Waals surface area contributed by atoms with Crippen molar-refractivity contribution < 1.29 is 4.79 Å². The van der Waals surface area contributed by atoms with Crippen molar-refractivity contribution in [2.75, 3.05) is 17.7 Å². The summed E-state index contributed by atoms with van der Waals surface area (Å²) in [5, 5.41) is 13.3. The van der Waals surface area contributed by atoms with Crippen molar-refractivity contribution in [2.24, 2.45) is 4.99 Å². The van der Waals surface area contributed by atoms with Crippen LogP contribution >= 0.6 is 11.8 Å². The standard InChI is InChI=1S/C26H24N4OS/c1-32-26(29-25(31)20-11-6-3-7-12-20)28-23-14-15-24-21(22(23)17-27)13-8-16-30(24)18-19-9-4-2-5-10-19/h2-7,9-12,14-15H,8,13,16,18H2,1H3,(H,28,29,31). The zero-order valence-electron chi connectivity index (χ0n) is 17.9. The monoisotopic (exact) mass is 440 g/mol. The van der Waals surface area contributed by atoms with Crippen LogP contribution in [0.15, 0.2) is 77.8 Å². The predicted molar refractivity (Wildman–Crippen MR) is 131 cm³/mol. The molecular weight excluding hydrogens is 416 g/mol. The number of thioether (sulfide) groups is 1. The summed E-state index contributed by atoms with van der Waals surface area (Å²) >= 11 is 1.34. The van der Waals surface area contributed by atoms with Crippen molar-refractivity contribution in [1.82, 2.24) is 5.32 Å². The van der Waals surface area contributed by atoms with Gasteiger partial charge in [-0.2, -0.15) is 5.26 Å². The van der Waals surface area contributed by atoms with Crippen molar-refractivity contribution in [3.63, 3.8) is 0 Å². The number of anilines is 1. The number of nitrogens with one attached hydrogen (secondary N) is 1. The third kappa shape index (κ3) is 4.84. The maximum Gasteiger partial charge on any atom is 0.257 e. The van der Waals surface area contributed by atoms with E-state index in [-0.39, 0.29) is 5.91 Å². The first-order valence-electron chi connectivity index (χ1n) is 10.5. The number of benzene rings is 3. The van der Waals surface area contributed by atoms with Crippen LogP contribution in [0.2, 0.25) is 0 Å². The molecule has 1 N–H and O–H groups in total. The molecule has 4 rings (SSSR count). The Labute approximate surface area is 192 Å². The molecule has 0 spiro atoms. The van der Waals surface area contributed by atoms with Crippen LogP contribution in [0.5, 0.6) is 0 Å². The van der Waals surface area contributed by atoms with E-state index in [4.69, 9.17) is 0 Å². The molecule has 3 aromatic rings. The second-order valence-corrected chi connectivity index (χ2v) is 8.32. The molecule has 0 saturated heterocycles. The van der Waals surface area contributed by atoms with E-state index in [1.165, 1.54) is 17.3 Å². The number of nitriles is 1. The number of nitrogens with zero attached hydrogens (tertiary/aromatic N) is 3. The number of amides is 1. The zero-order valence-corrected chi connectivity index (χ0v) is 18.7. The van der Waals surface area contributed by atoms with E-state index in [9.17, 15) is 10.1 Å². The SMILES string of the molecule is CSC(=Nc1ccc2c(c1C#N)CCCN2Cc1ccccc1)NC(=O)c1ccccc1. The first kappa shape index (κ1) is 21.7. The Bertz CT molecular complexity index is 1170. The molecule has 3 aromatic carbocycles. The van der Waals surface area contributed by atoms with Gasteiger partial charge in [0.1, 0.15) is 6.07 Å². The van der Waals surface area contributed by atoms with Crippen LogP contribution in [0.3, 0.4) is 0 Å². The van der Waals surface area contributed by atoms with Gasteiger partial charge in [-0.05, 0) is 54.5 Å². The van der Waals surface area contributed by atoms with Gasteiger partial charge >= 0.3 is 0 Å². The highest BCUT2D eigenvalue weighted by Crippen LogP contribution is 2.36. The largest absolute Gasteiger partial charge is 0.367 e. The highest BCUT2D eigenvalue weighted by atomic mass is 32.2. The molecule has 0 radical (unpaired) electrons. The van der Waals surface area contributed by atoms with Crippen LogP contribution in [0.25, 0.3) is 0 Å². The normalized spacial score (nSPS) is 13.2. The van der Waals surface area contributed by atoms with Gasteiger partial charge in [-0.3, -0.25) is 4.79 Å². The summed E-state index contributed by atoms with van der Waals surface area (Å²) in [4.78, 5) is 19.5. The van der Waals surface area contributed by atoms with Crippen molar-refractivity contribution in [2.45, 2.75) is 19.4 Å². The lowest BCUT2D eigenvalue weighted by molar-refractivity contribution is 0.0978. The molecule has 0 bridgehead atoms. The minimum Gasteiger partial charge on any atom is -0.367 e. The second-order valence-electron chi connectivity index (χ2n) is 7.52. The maximum atomic E-state index is 12.5. The zero-order chi connectivity index (χ0) is 22.3. The second kappa shape index (κ2) is 10.2. The maximum absolute atomic E-state index is 12.5. The lowest BCUT2D eigenvalue weighted by Gasteiger charge is -2.32. The van der Waals surface area contributed by atoms with E-state index in [1.807, 2.05) is 54.8 Å². The highest BCUT2D eigenvalue weighted by molar-refractivity contribution is 8.13. The number of fused-ring (bicyclic) bond motifs is 1. The van der Waals surface area contributed by atoms with E-state index >= 15 is 0 Å². The molecule has 0 aromatic heterocycles. The number of hydrogen-bond donors (Lipinski definition) is 1. The third-order valence-corrected chi connectivity index (χ3v) is 6.04. The van der Waals surface area contributed by atoms with Gasteiger partial charge in [-0.1, -0.05) is 60.3 Å². The molecule has 0 unspecified atom stereocenters. The summed E-state index contributed by atoms with van der Waals surface area (Å²) < 4.78 is 0. The highest BCUT2D eigenvalue weighted by Gasteiger charge is 2.22. The number of carbonyl (C=O) groups is 1. The van der Waals surface area contributed by atoms with E-state index in [0.717, 1.165) is 37.2 Å². The summed E-state index contributed by atoms with van der Waals surface area (Å²) in [5.74, 6) is -0.218. The van der Waals surface area contributed by atoms with Crippen LogP contribution in [-0.2, 0) is 13.0 Å². The Kier molecular flexibility index (Phi) is 6.88. The lowest BCUT2D eigenvalue weighted by Crippen LogP contribution is -2.29. The van der Waals surface area contributed by atoms with Crippen molar-refractivity contribution in [3.8, 4) is 6.07 Å². The predicted octanol–water partition coefficient (Wildman–Crippen LogP) is 5.29. The molecule has 1 aliphatic heterocycles. The molecule has 6 heteroatoms. The van der Waals surface area contributed by atoms with Gasteiger partial charge < -0.3 is 10.2 Å². The van der Waals surface area contributed by atoms with Crippen LogP contribution in [0.4, 0.5) is 11.4 Å². The Hall–Kier alpha value is -3.56. The number of aliphatic imine (C=N–C) groups is 1. The number of rotatable bonds is 4. The molecular formula is C26H24N4OS. The average molecular weight is 441 g/mol. The molecule has 1 aliphatic rings. The van der Waals surface area contributed by atoms with Gasteiger partial charge in [0, 0.05) is 24.3 Å². The lowest BCUT2D eigenvalue weighted by atomic mass is 9.95. The fourth-order valence-corrected chi connectivity index (χ4v) is 4.30. The molecule has 0 aliphatic carbocycles. The van der Waals surface area contributed by atoms with Gasteiger partial charge in [0.25, 0.3) is 5.91 Å². The smallest absolute Gasteiger partial charge is 0.257 e. The number of carbonyl (C=O) groups excluding carboxylic acids is 1. The Morgan fingerprint density at radius 3 is 2.50 bits per heavy atom. The third-order valence-electron chi connectivity index (χ3n) is 5.46. The Morgan fingerprint density at radius 2 is 1.81 bits per heavy atom. The van der Waals surface area contributed by atoms with Crippen LogP contribution in [-0.4, -0.2) is 23.9 Å². The van der Waals surface area contributed by atoms with Crippen molar-refractivity contribution in [3.05, 3.63) is 95.1 Å². The summed E-state index contributed by atoms with van der Waals surface area (Å²) in [7, 11) is 0. The summed E-state index contributed by atoms with van der Waals surface area (Å²) in [6.45, 7) is 1.77. The van der Waals surface area contributed by atoms with Gasteiger partial charge in [-0.25, -0.2) is 4.99 Å². The quantitative estimate of drug-likeness (QED) is 0.442. The summed E-state index contributed by atoms with van der Waals surface area (Å²) in [6, 6.07) is 25.7. The van der Waals surface area contributed by atoms with Gasteiger partial charge in [-0.15, -0.1) is 0 Å². The summed E-state index contributed by atoms with van der Waals surface area (Å²) in [6.07, 6.45) is 3.69. The van der Waals surface area contributed by atoms with Crippen LogP contribution in [0.1, 0.15) is 33.5 Å². The molecule has 160 valence electrons. The van der Waals surface area contributed by atoms with E-state index in [0.29, 0.717) is 22.0 Å². The molecule has 5 nitrogen and oxygen atoms in total. The molecule has 0 saturated carbocycles. The molecule has 0 fully saturated rings. The first-order valence-corrected chi connectivity index (χ1v) is 11.8. The van der Waals surface area contributed by atoms with E-state index < -0.39 is 0 Å². The average Bonchev–Trinajstić information content (AvgIpc) is 2.84. The number of hydrogen-bond acceptors (Lipinski definition) is 5. The minimum absolute atomic E-state index is 0.218. The van der Waals surface area contributed by atoms with Gasteiger partial charge in [0.05, 0.1) is 11.3 Å². The molecule has 1 amide bonds. The van der Waals surface area contributed by atoms with Crippen molar-refractivity contribution >= 4 is 34.2 Å². The summed E-state index contributed by atoms with van der Waals surface area (Å²) in [5.41, 5.74) is 5.11. The topological polar surface area (TPSA) is 68.5 Å². The van der Waals surface area contributed by atoms with Crippen LogP contribution in [0, 0.1) is 11.3 Å². The van der Waals surface area contributed by atoms with E-state index in [2.05, 4.69) is 33.4 Å². The Balaban J connectivity index is 1.62. The fraction of sp³-hybridized carbons (Fsp3) is 0.192. The van der Waals surface area contributed by atoms with Crippen molar-refractivity contribution in [1.29, 1.82) is 5.26 Å². The van der Waals surface area contributed by atoms with E-state index in [1.54, 1.807) is 12.1 Å². The van der Waals surface area contributed by atoms with Gasteiger partial charge in [0.15, 0.2) is 5.17 Å². The molecule has 32 heavy (non-hydrogen) atoms. The fourth-order valence-electron chi connectivity index (χ4n) is 3.92. The number of amidine groups is 1. The van der Waals surface area contributed by atoms with Gasteiger partial charge in [0.2, 0.25) is 0 Å². The Morgan fingerprint density at radius 1 is 1.09 bits per heavy atom.